The second-order valence-corrected chi connectivity index (χ2v) is 4.05. The third kappa shape index (κ3) is 3.36. The average molecular weight is 206 g/mol. The zero-order valence-electron chi connectivity index (χ0n) is 9.79. The van der Waals surface area contributed by atoms with Gasteiger partial charge in [-0.3, -0.25) is 4.79 Å². The summed E-state index contributed by atoms with van der Waals surface area (Å²) in [5.74, 6) is 0.0254. The Kier molecular flexibility index (Phi) is 3.86. The molecule has 0 radical (unpaired) electrons. The van der Waals surface area contributed by atoms with E-state index in [1.165, 1.54) is 0 Å². The SMILES string of the molecule is Cc1cccc(C)c1NC(=O)CN(C)C. The molecule has 1 aromatic rings. The van der Waals surface area contributed by atoms with Crippen LogP contribution >= 0.6 is 0 Å². The summed E-state index contributed by atoms with van der Waals surface area (Å²) < 4.78 is 0. The molecule has 0 spiro atoms. The lowest BCUT2D eigenvalue weighted by molar-refractivity contribution is -0.116. The number of para-hydroxylation sites is 1. The van der Waals surface area contributed by atoms with Crippen molar-refractivity contribution >= 4 is 11.6 Å². The normalized spacial score (nSPS) is 10.5. The zero-order valence-corrected chi connectivity index (χ0v) is 9.79. The molecule has 0 fully saturated rings. The predicted molar refractivity (Wildman–Crippen MR) is 63.1 cm³/mol. The van der Waals surface area contributed by atoms with Crippen LogP contribution in [0, 0.1) is 13.8 Å². The number of nitrogens with one attached hydrogen (secondary N) is 1. The lowest BCUT2D eigenvalue weighted by atomic mass is 10.1. The van der Waals surface area contributed by atoms with Gasteiger partial charge >= 0.3 is 0 Å². The highest BCUT2D eigenvalue weighted by Gasteiger charge is 2.07. The standard InChI is InChI=1S/C12H18N2O/c1-9-6-5-7-10(2)12(9)13-11(15)8-14(3)4/h5-7H,8H2,1-4H3,(H,13,15). The van der Waals surface area contributed by atoms with Crippen molar-refractivity contribution < 1.29 is 4.79 Å². The van der Waals surface area contributed by atoms with E-state index in [9.17, 15) is 4.79 Å². The van der Waals surface area contributed by atoms with Crippen molar-refractivity contribution in [2.24, 2.45) is 0 Å². The number of nitrogens with zero attached hydrogens (tertiary/aromatic N) is 1. The Hall–Kier alpha value is -1.35. The molecule has 0 aliphatic heterocycles. The molecule has 1 amide bonds. The van der Waals surface area contributed by atoms with Crippen molar-refractivity contribution in [1.82, 2.24) is 4.90 Å². The van der Waals surface area contributed by atoms with Gasteiger partial charge in [-0.1, -0.05) is 18.2 Å². The first-order valence-electron chi connectivity index (χ1n) is 5.01. The number of rotatable bonds is 3. The molecule has 0 heterocycles. The second-order valence-electron chi connectivity index (χ2n) is 4.05. The van der Waals surface area contributed by atoms with Crippen LogP contribution in [0.3, 0.4) is 0 Å². The Bertz CT molecular complexity index is 338. The molecule has 1 aromatic carbocycles. The second kappa shape index (κ2) is 4.94. The fourth-order valence-corrected chi connectivity index (χ4v) is 1.48. The van der Waals surface area contributed by atoms with Crippen LogP contribution in [0.5, 0.6) is 0 Å². The van der Waals surface area contributed by atoms with Crippen LogP contribution in [-0.2, 0) is 4.79 Å². The quantitative estimate of drug-likeness (QED) is 0.818. The number of anilines is 1. The highest BCUT2D eigenvalue weighted by Crippen LogP contribution is 2.18. The van der Waals surface area contributed by atoms with Crippen LogP contribution in [-0.4, -0.2) is 31.4 Å². The summed E-state index contributed by atoms with van der Waals surface area (Å²) in [7, 11) is 3.76. The topological polar surface area (TPSA) is 32.3 Å². The van der Waals surface area contributed by atoms with Crippen LogP contribution in [0.15, 0.2) is 18.2 Å². The first-order chi connectivity index (χ1) is 7.00. The molecule has 0 aliphatic carbocycles. The van der Waals surface area contributed by atoms with E-state index in [4.69, 9.17) is 0 Å². The molecule has 1 N–H and O–H groups in total. The molecule has 0 bridgehead atoms. The van der Waals surface area contributed by atoms with Gasteiger partial charge in [-0.05, 0) is 39.1 Å². The summed E-state index contributed by atoms with van der Waals surface area (Å²) in [6, 6.07) is 5.99. The van der Waals surface area contributed by atoms with Crippen molar-refractivity contribution in [1.29, 1.82) is 0 Å². The van der Waals surface area contributed by atoms with E-state index in [2.05, 4.69) is 5.32 Å². The molecule has 0 atom stereocenters. The van der Waals surface area contributed by atoms with Gasteiger partial charge in [0.25, 0.3) is 0 Å². The van der Waals surface area contributed by atoms with E-state index in [0.717, 1.165) is 16.8 Å². The molecular weight excluding hydrogens is 188 g/mol. The van der Waals surface area contributed by atoms with Crippen LogP contribution < -0.4 is 5.32 Å². The van der Waals surface area contributed by atoms with Gasteiger partial charge in [-0.25, -0.2) is 0 Å². The number of aryl methyl sites for hydroxylation is 2. The molecule has 0 saturated heterocycles. The number of carbonyl (C=O) groups excluding carboxylic acids is 1. The zero-order chi connectivity index (χ0) is 11.4. The Balaban J connectivity index is 2.76. The number of carbonyl (C=O) groups is 1. The van der Waals surface area contributed by atoms with Gasteiger partial charge in [-0.2, -0.15) is 0 Å². The van der Waals surface area contributed by atoms with Gasteiger partial charge in [0.15, 0.2) is 0 Å². The maximum absolute atomic E-state index is 11.6. The number of hydrogen-bond acceptors (Lipinski definition) is 2. The minimum absolute atomic E-state index is 0.0254. The number of likely N-dealkylation sites (N-methyl/N-ethyl adjacent to an activating group) is 1. The third-order valence-electron chi connectivity index (χ3n) is 2.21. The molecule has 0 unspecified atom stereocenters. The van der Waals surface area contributed by atoms with E-state index in [1.807, 2.05) is 51.0 Å². The molecule has 3 nitrogen and oxygen atoms in total. The number of amides is 1. The van der Waals surface area contributed by atoms with Gasteiger partial charge in [-0.15, -0.1) is 0 Å². The summed E-state index contributed by atoms with van der Waals surface area (Å²) in [5.41, 5.74) is 3.13. The maximum atomic E-state index is 11.6. The van der Waals surface area contributed by atoms with E-state index in [0.29, 0.717) is 6.54 Å². The van der Waals surface area contributed by atoms with Crippen LogP contribution in [0.4, 0.5) is 5.69 Å². The van der Waals surface area contributed by atoms with Crippen molar-refractivity contribution in [3.63, 3.8) is 0 Å². The molecule has 0 saturated carbocycles. The van der Waals surface area contributed by atoms with Gasteiger partial charge in [0.1, 0.15) is 0 Å². The molecule has 0 aromatic heterocycles. The summed E-state index contributed by atoms with van der Waals surface area (Å²) in [5, 5.41) is 2.93. The van der Waals surface area contributed by atoms with Gasteiger partial charge < -0.3 is 10.2 Å². The Labute approximate surface area is 91.1 Å². The van der Waals surface area contributed by atoms with Crippen LogP contribution in [0.1, 0.15) is 11.1 Å². The first kappa shape index (κ1) is 11.7. The van der Waals surface area contributed by atoms with Crippen LogP contribution in [0.25, 0.3) is 0 Å². The summed E-state index contributed by atoms with van der Waals surface area (Å²) in [6.07, 6.45) is 0. The molecular formula is C12H18N2O. The first-order valence-corrected chi connectivity index (χ1v) is 5.01. The summed E-state index contributed by atoms with van der Waals surface area (Å²) in [4.78, 5) is 13.4. The molecule has 3 heteroatoms. The molecule has 1 rings (SSSR count). The smallest absolute Gasteiger partial charge is 0.238 e. The fraction of sp³-hybridized carbons (Fsp3) is 0.417. The van der Waals surface area contributed by atoms with E-state index in [-0.39, 0.29) is 5.91 Å². The Morgan fingerprint density at radius 1 is 1.27 bits per heavy atom. The highest BCUT2D eigenvalue weighted by molar-refractivity contribution is 5.93. The molecule has 82 valence electrons. The van der Waals surface area contributed by atoms with Gasteiger partial charge in [0.2, 0.25) is 5.91 Å². The minimum atomic E-state index is 0.0254. The van der Waals surface area contributed by atoms with E-state index >= 15 is 0 Å². The van der Waals surface area contributed by atoms with Crippen LogP contribution in [0.2, 0.25) is 0 Å². The molecule has 0 aliphatic rings. The monoisotopic (exact) mass is 206 g/mol. The van der Waals surface area contributed by atoms with Crippen molar-refractivity contribution in [3.05, 3.63) is 29.3 Å². The minimum Gasteiger partial charge on any atom is -0.324 e. The Morgan fingerprint density at radius 2 is 1.80 bits per heavy atom. The van der Waals surface area contributed by atoms with Crippen molar-refractivity contribution in [2.75, 3.05) is 26.0 Å². The highest BCUT2D eigenvalue weighted by atomic mass is 16.2. The van der Waals surface area contributed by atoms with Crippen molar-refractivity contribution in [3.8, 4) is 0 Å². The lowest BCUT2D eigenvalue weighted by Gasteiger charge is -2.13. The predicted octanol–water partition coefficient (Wildman–Crippen LogP) is 1.80. The van der Waals surface area contributed by atoms with E-state index in [1.54, 1.807) is 0 Å². The van der Waals surface area contributed by atoms with Gasteiger partial charge in [0.05, 0.1) is 6.54 Å². The van der Waals surface area contributed by atoms with Gasteiger partial charge in [0, 0.05) is 5.69 Å². The van der Waals surface area contributed by atoms with E-state index < -0.39 is 0 Å². The third-order valence-corrected chi connectivity index (χ3v) is 2.21. The average Bonchev–Trinajstić information content (AvgIpc) is 2.10. The lowest BCUT2D eigenvalue weighted by Crippen LogP contribution is -2.27. The summed E-state index contributed by atoms with van der Waals surface area (Å²) in [6.45, 7) is 4.41. The Morgan fingerprint density at radius 3 is 2.27 bits per heavy atom. The van der Waals surface area contributed by atoms with Crippen molar-refractivity contribution in [2.45, 2.75) is 13.8 Å². The fourth-order valence-electron chi connectivity index (χ4n) is 1.48. The molecule has 15 heavy (non-hydrogen) atoms. The number of benzene rings is 1. The maximum Gasteiger partial charge on any atom is 0.238 e. The summed E-state index contributed by atoms with van der Waals surface area (Å²) >= 11 is 0. The number of hydrogen-bond donors (Lipinski definition) is 1. The largest absolute Gasteiger partial charge is 0.324 e.